The lowest BCUT2D eigenvalue weighted by Crippen LogP contribution is -2.31. The third kappa shape index (κ3) is 6.94. The minimum atomic E-state index is -5.00. The molecule has 21 nitrogen and oxygen atoms in total. The van der Waals surface area contributed by atoms with Gasteiger partial charge in [0, 0.05) is 6.42 Å². The van der Waals surface area contributed by atoms with Crippen molar-refractivity contribution in [2.75, 3.05) is 24.4 Å². The molecule has 0 radical (unpaired) electrons. The number of imidazole rings is 2. The number of nitrogen functional groups attached to an aromatic ring is 2. The lowest BCUT2D eigenvalue weighted by Gasteiger charge is -2.27. The fraction of sp³-hybridized carbons (Fsp3) is 0.500. The van der Waals surface area contributed by atoms with E-state index in [1.54, 1.807) is 0 Å². The first kappa shape index (κ1) is 32.0. The smallest absolute Gasteiger partial charge is 0.382 e. The summed E-state index contributed by atoms with van der Waals surface area (Å²) < 4.78 is 67.0. The van der Waals surface area contributed by atoms with Crippen LogP contribution in [0, 0.1) is 0 Å². The van der Waals surface area contributed by atoms with E-state index in [1.165, 1.54) is 24.1 Å². The predicted molar refractivity (Wildman–Crippen MR) is 145 cm³/mol. The van der Waals surface area contributed by atoms with E-state index in [4.69, 9.17) is 34.7 Å². The molecule has 5 rings (SSSR count). The highest BCUT2D eigenvalue weighted by Crippen LogP contribution is 2.47. The van der Waals surface area contributed by atoms with Gasteiger partial charge in [0.05, 0.1) is 25.4 Å². The number of aliphatic hydroxyl groups excluding tert-OH is 1. The molecule has 8 N–H and O–H groups in total. The molecule has 4 aromatic heterocycles. The standard InChI is InChI=1S/C20H27FN10O11P2/c1-8(18(41-19(21)33)31-6-27-13-16(31)28-20(23)29-17(13)32)42-44(36,37)39-3-10-9(38-7-43(34)35)2-11(40-10)30-5-26-12-14(22)24-4-25-15(12)30/h4-6,8-11,18-19,33,43H,2-3,7H2,1H3,(H,34,35)(H,36,37)(H2,22,24,25)(H3,23,28,29,32)/t8?,9-,10-,11-,18-,19?/m1/s1. The molecule has 0 aliphatic carbocycles. The van der Waals surface area contributed by atoms with Gasteiger partial charge in [-0.3, -0.25) is 37.3 Å². The van der Waals surface area contributed by atoms with Crippen LogP contribution >= 0.6 is 15.9 Å². The molecule has 1 saturated heterocycles. The summed E-state index contributed by atoms with van der Waals surface area (Å²) in [6.07, 6.45) is -2.78. The summed E-state index contributed by atoms with van der Waals surface area (Å²) in [5.41, 5.74) is 10.9. The molecule has 0 spiro atoms. The molecule has 0 saturated carbocycles. The van der Waals surface area contributed by atoms with Gasteiger partial charge in [0.15, 0.2) is 28.9 Å². The van der Waals surface area contributed by atoms with Crippen LogP contribution in [0.25, 0.3) is 22.3 Å². The summed E-state index contributed by atoms with van der Waals surface area (Å²) in [4.78, 5) is 54.1. The number of phosphoric ester groups is 1. The van der Waals surface area contributed by atoms with Crippen molar-refractivity contribution in [2.45, 2.75) is 50.7 Å². The van der Waals surface area contributed by atoms with Gasteiger partial charge in [0.25, 0.3) is 5.56 Å². The number of aromatic amines is 1. The van der Waals surface area contributed by atoms with Crippen molar-refractivity contribution in [3.63, 3.8) is 0 Å². The lowest BCUT2D eigenvalue weighted by molar-refractivity contribution is -0.246. The van der Waals surface area contributed by atoms with Crippen molar-refractivity contribution >= 4 is 49.9 Å². The highest BCUT2D eigenvalue weighted by molar-refractivity contribution is 7.47. The average Bonchev–Trinajstić information content (AvgIpc) is 3.66. The molecular weight excluding hydrogens is 637 g/mol. The number of ether oxygens (including phenoxy) is 3. The van der Waals surface area contributed by atoms with E-state index in [-0.39, 0.29) is 29.4 Å². The maximum Gasteiger partial charge on any atom is 0.472 e. The van der Waals surface area contributed by atoms with Crippen LogP contribution in [-0.4, -0.2) is 91.7 Å². The van der Waals surface area contributed by atoms with Crippen LogP contribution in [0.2, 0.25) is 0 Å². The predicted octanol–water partition coefficient (Wildman–Crippen LogP) is -0.496. The molecule has 1 aliphatic rings. The number of halogens is 1. The highest BCUT2D eigenvalue weighted by atomic mass is 31.2. The van der Waals surface area contributed by atoms with Crippen molar-refractivity contribution < 1.29 is 51.7 Å². The zero-order chi connectivity index (χ0) is 31.8. The number of nitrogens with one attached hydrogen (secondary N) is 1. The van der Waals surface area contributed by atoms with Gasteiger partial charge in [-0.15, -0.1) is 0 Å². The van der Waals surface area contributed by atoms with E-state index in [0.29, 0.717) is 11.2 Å². The molecule has 44 heavy (non-hydrogen) atoms. The lowest BCUT2D eigenvalue weighted by atomic mass is 10.2. The SMILES string of the molecule is CC(OP(=O)(O)OC[C@H]1O[C@@H](n2cnc3c(N)ncnc32)C[C@H]1OC[PH](=O)O)[C@@H](OC(O)F)n1cnc2c(=O)[nH]c(N)nc21. The van der Waals surface area contributed by atoms with Crippen molar-refractivity contribution in [3.8, 4) is 0 Å². The number of hydrogen-bond acceptors (Lipinski definition) is 16. The van der Waals surface area contributed by atoms with Crippen LogP contribution in [0.5, 0.6) is 0 Å². The highest BCUT2D eigenvalue weighted by Gasteiger charge is 2.41. The normalized spacial score (nSPS) is 23.1. The first-order chi connectivity index (χ1) is 20.8. The Morgan fingerprint density at radius 2 is 2.00 bits per heavy atom. The van der Waals surface area contributed by atoms with E-state index >= 15 is 0 Å². The van der Waals surface area contributed by atoms with Gasteiger partial charge in [-0.2, -0.15) is 9.37 Å². The molecule has 0 amide bonds. The summed E-state index contributed by atoms with van der Waals surface area (Å²) in [5, 5.41) is 9.26. The van der Waals surface area contributed by atoms with Crippen LogP contribution in [0.1, 0.15) is 25.8 Å². The number of nitrogens with two attached hydrogens (primary N) is 2. The van der Waals surface area contributed by atoms with Gasteiger partial charge in [0.2, 0.25) is 14.0 Å². The Bertz CT molecular complexity index is 1770. The van der Waals surface area contributed by atoms with Crippen molar-refractivity contribution in [1.29, 1.82) is 0 Å². The number of nitrogens with zero attached hydrogens (tertiary/aromatic N) is 7. The van der Waals surface area contributed by atoms with Crippen LogP contribution in [0.4, 0.5) is 16.2 Å². The monoisotopic (exact) mass is 664 g/mol. The molecule has 0 bridgehead atoms. The van der Waals surface area contributed by atoms with E-state index < -0.39 is 71.7 Å². The second-order valence-electron chi connectivity index (χ2n) is 9.36. The molecule has 240 valence electrons. The van der Waals surface area contributed by atoms with Gasteiger partial charge in [-0.25, -0.2) is 24.5 Å². The molecular formula is C20H27FN10O11P2. The zero-order valence-corrected chi connectivity index (χ0v) is 24.4. The van der Waals surface area contributed by atoms with Gasteiger partial charge >= 0.3 is 14.4 Å². The Hall–Kier alpha value is -3.43. The minimum Gasteiger partial charge on any atom is -0.382 e. The summed E-state index contributed by atoms with van der Waals surface area (Å²) in [7, 11) is -8.03. The Kier molecular flexibility index (Phi) is 9.37. The summed E-state index contributed by atoms with van der Waals surface area (Å²) >= 11 is 0. The number of anilines is 2. The van der Waals surface area contributed by atoms with Gasteiger partial charge < -0.3 is 35.8 Å². The Morgan fingerprint density at radius 3 is 2.73 bits per heavy atom. The molecule has 4 unspecified atom stereocenters. The fourth-order valence-corrected chi connectivity index (χ4v) is 5.84. The summed E-state index contributed by atoms with van der Waals surface area (Å²) in [5.74, 6) is -0.186. The number of aromatic nitrogens is 8. The first-order valence-corrected chi connectivity index (χ1v) is 15.7. The number of aliphatic hydroxyl groups is 1. The quantitative estimate of drug-likeness (QED) is 0.0775. The Morgan fingerprint density at radius 1 is 1.25 bits per heavy atom. The van der Waals surface area contributed by atoms with E-state index in [1.807, 2.05) is 0 Å². The topological polar surface area (TPSA) is 300 Å². The number of phosphoric acid groups is 1. The minimum absolute atomic E-state index is 0.0960. The Labute approximate surface area is 245 Å². The molecule has 1 aliphatic heterocycles. The molecule has 1 fully saturated rings. The number of hydrogen-bond donors (Lipinski definition) is 6. The number of rotatable bonds is 13. The average molecular weight is 664 g/mol. The van der Waals surface area contributed by atoms with E-state index in [9.17, 15) is 33.2 Å². The van der Waals surface area contributed by atoms with Crippen LogP contribution in [-0.2, 0) is 32.4 Å². The van der Waals surface area contributed by atoms with E-state index in [2.05, 4.69) is 29.9 Å². The number of alkyl halides is 1. The fourth-order valence-electron chi connectivity index (χ4n) is 4.56. The Balaban J connectivity index is 1.31. The van der Waals surface area contributed by atoms with Crippen LogP contribution in [0.3, 0.4) is 0 Å². The van der Waals surface area contributed by atoms with Crippen molar-refractivity contribution in [2.24, 2.45) is 0 Å². The molecule has 4 aromatic rings. The third-order valence-electron chi connectivity index (χ3n) is 6.38. The number of fused-ring (bicyclic) bond motifs is 2. The van der Waals surface area contributed by atoms with Crippen molar-refractivity contribution in [3.05, 3.63) is 29.3 Å². The maximum atomic E-state index is 13.6. The second kappa shape index (κ2) is 12.9. The molecule has 8 atom stereocenters. The van der Waals surface area contributed by atoms with Gasteiger partial charge in [-0.05, 0) is 6.92 Å². The van der Waals surface area contributed by atoms with Gasteiger partial charge in [0.1, 0.15) is 36.6 Å². The molecule has 24 heteroatoms. The van der Waals surface area contributed by atoms with E-state index in [0.717, 1.165) is 10.9 Å². The zero-order valence-electron chi connectivity index (χ0n) is 22.5. The molecule has 0 aromatic carbocycles. The van der Waals surface area contributed by atoms with Crippen molar-refractivity contribution in [1.82, 2.24) is 39.0 Å². The third-order valence-corrected chi connectivity index (χ3v) is 7.87. The molecule has 5 heterocycles. The first-order valence-electron chi connectivity index (χ1n) is 12.6. The number of H-pyrrole nitrogens is 1. The summed E-state index contributed by atoms with van der Waals surface area (Å²) in [6, 6.07) is 0. The summed E-state index contributed by atoms with van der Waals surface area (Å²) in [6.45, 7) is -2.31. The largest absolute Gasteiger partial charge is 0.472 e. The maximum absolute atomic E-state index is 13.6. The van der Waals surface area contributed by atoms with Crippen LogP contribution in [0.15, 0.2) is 23.8 Å². The van der Waals surface area contributed by atoms with Crippen LogP contribution < -0.4 is 17.0 Å². The second-order valence-corrected chi connectivity index (χ2v) is 11.8. The van der Waals surface area contributed by atoms with Gasteiger partial charge in [-0.1, -0.05) is 0 Å².